The lowest BCUT2D eigenvalue weighted by atomic mass is 10.2. The molecule has 2 unspecified atom stereocenters. The molecule has 2 saturated heterocycles. The Morgan fingerprint density at radius 3 is 1.33 bits per heavy atom. The van der Waals surface area contributed by atoms with E-state index in [1.807, 2.05) is 0 Å². The first-order chi connectivity index (χ1) is 14.0. The molecule has 2 heterocycles. The van der Waals surface area contributed by atoms with Gasteiger partial charge in [0.05, 0.1) is 0 Å². The smallest absolute Gasteiger partial charge is 0.258 e. The molecule has 0 aliphatic carbocycles. The predicted octanol–water partition coefficient (Wildman–Crippen LogP) is 2.12. The van der Waals surface area contributed by atoms with Gasteiger partial charge in [-0.25, -0.2) is 26.9 Å². The average Bonchev–Trinajstić information content (AvgIpc) is 3.02. The Morgan fingerprint density at radius 1 is 0.667 bits per heavy atom. The first-order valence-electron chi connectivity index (χ1n) is 8.60. The zero-order chi connectivity index (χ0) is 21.8. The second-order valence-corrected chi connectivity index (χ2v) is 11.8. The molecule has 0 radical (unpaired) electrons. The van der Waals surface area contributed by atoms with Crippen LogP contribution in [0, 0.1) is 0 Å². The molecular weight excluding hydrogens is 475 g/mol. The largest absolute Gasteiger partial charge is 0.272 e. The number of carbonyl (C=O) groups is 2. The number of rotatable bonds is 3. The maximum absolute atomic E-state index is 12.8. The topological polar surface area (TPSA) is 109 Å². The Morgan fingerprint density at radius 2 is 1.00 bits per heavy atom. The minimum Gasteiger partial charge on any atom is -0.272 e. The van der Waals surface area contributed by atoms with Gasteiger partial charge in [0.25, 0.3) is 11.8 Å². The number of carbonyl (C=O) groups excluding carboxylic acids is 2. The predicted molar refractivity (Wildman–Crippen MR) is 110 cm³/mol. The number of hydrogen-bond acceptors (Lipinski definition) is 6. The van der Waals surface area contributed by atoms with Gasteiger partial charge in [-0.3, -0.25) is 9.59 Å². The molecule has 158 valence electrons. The van der Waals surface area contributed by atoms with Crippen molar-refractivity contribution in [3.63, 3.8) is 0 Å². The molecule has 2 aliphatic rings. The van der Waals surface area contributed by atoms with Crippen LogP contribution in [-0.4, -0.2) is 50.2 Å². The van der Waals surface area contributed by atoms with Crippen LogP contribution in [0.15, 0.2) is 48.5 Å². The standard InChI is InChI=1S/C18H14Cl2N2O6S2/c19-13-7-3-1-5-11(13)17-21(15(23)9-29(17,25)26)22-16(24)10-30(27,28)18(22)12-6-2-4-8-14(12)20/h1-8,17-18H,9-10H2. The van der Waals surface area contributed by atoms with E-state index >= 15 is 0 Å². The number of benzene rings is 2. The highest BCUT2D eigenvalue weighted by Gasteiger charge is 2.57. The van der Waals surface area contributed by atoms with E-state index in [2.05, 4.69) is 0 Å². The molecule has 0 saturated carbocycles. The highest BCUT2D eigenvalue weighted by molar-refractivity contribution is 7.93. The average molecular weight is 489 g/mol. The minimum absolute atomic E-state index is 0.0644. The van der Waals surface area contributed by atoms with Crippen molar-refractivity contribution in [1.29, 1.82) is 0 Å². The summed E-state index contributed by atoms with van der Waals surface area (Å²) >= 11 is 12.4. The lowest BCUT2D eigenvalue weighted by molar-refractivity contribution is -0.161. The summed E-state index contributed by atoms with van der Waals surface area (Å²) < 4.78 is 51.3. The molecule has 0 aromatic heterocycles. The van der Waals surface area contributed by atoms with Gasteiger partial charge in [-0.2, -0.15) is 0 Å². The highest BCUT2D eigenvalue weighted by atomic mass is 35.5. The molecule has 2 aromatic carbocycles. The fourth-order valence-electron chi connectivity index (χ4n) is 3.67. The molecule has 8 nitrogen and oxygen atoms in total. The summed E-state index contributed by atoms with van der Waals surface area (Å²) in [6.45, 7) is 0. The van der Waals surface area contributed by atoms with Crippen LogP contribution in [0.4, 0.5) is 0 Å². The van der Waals surface area contributed by atoms with Crippen molar-refractivity contribution in [2.45, 2.75) is 10.7 Å². The molecule has 0 N–H and O–H groups in total. The molecule has 2 atom stereocenters. The van der Waals surface area contributed by atoms with Gasteiger partial charge in [-0.15, -0.1) is 0 Å². The summed E-state index contributed by atoms with van der Waals surface area (Å²) in [7, 11) is -8.21. The Labute approximate surface area is 182 Å². The molecule has 2 aliphatic heterocycles. The van der Waals surface area contributed by atoms with E-state index in [0.29, 0.717) is 10.0 Å². The molecule has 2 fully saturated rings. The van der Waals surface area contributed by atoms with Gasteiger partial charge in [0.1, 0.15) is 11.5 Å². The van der Waals surface area contributed by atoms with E-state index in [4.69, 9.17) is 23.2 Å². The van der Waals surface area contributed by atoms with Crippen LogP contribution in [0.5, 0.6) is 0 Å². The SMILES string of the molecule is O=C1CS(=O)(=O)C(c2ccccc2Cl)N1N1C(=O)CS(=O)(=O)C1c1ccccc1Cl. The summed E-state index contributed by atoms with van der Waals surface area (Å²) in [5.74, 6) is -3.63. The van der Waals surface area contributed by atoms with E-state index in [1.165, 1.54) is 36.4 Å². The monoisotopic (exact) mass is 488 g/mol. The maximum atomic E-state index is 12.8. The van der Waals surface area contributed by atoms with E-state index in [0.717, 1.165) is 0 Å². The Bertz CT molecular complexity index is 1180. The van der Waals surface area contributed by atoms with Gasteiger partial charge >= 0.3 is 0 Å². The van der Waals surface area contributed by atoms with Gasteiger partial charge in [-0.1, -0.05) is 59.6 Å². The molecule has 2 aromatic rings. The van der Waals surface area contributed by atoms with Crippen molar-refractivity contribution in [1.82, 2.24) is 10.0 Å². The summed E-state index contributed by atoms with van der Waals surface area (Å²) in [5, 5.41) is -1.76. The number of amides is 2. The fourth-order valence-corrected chi connectivity index (χ4v) is 7.78. The van der Waals surface area contributed by atoms with Crippen LogP contribution in [0.1, 0.15) is 21.9 Å². The van der Waals surface area contributed by atoms with Crippen LogP contribution in [0.25, 0.3) is 0 Å². The van der Waals surface area contributed by atoms with Gasteiger partial charge in [0, 0.05) is 21.2 Å². The lowest BCUT2D eigenvalue weighted by Gasteiger charge is -2.35. The van der Waals surface area contributed by atoms with Crippen LogP contribution in [0.2, 0.25) is 10.0 Å². The van der Waals surface area contributed by atoms with Crippen molar-refractivity contribution in [3.8, 4) is 0 Å². The van der Waals surface area contributed by atoms with Crippen LogP contribution >= 0.6 is 23.2 Å². The third-order valence-corrected chi connectivity index (χ3v) is 9.11. The molecule has 0 bridgehead atoms. The van der Waals surface area contributed by atoms with Crippen LogP contribution in [-0.2, 0) is 29.3 Å². The number of halogens is 2. The lowest BCUT2D eigenvalue weighted by Crippen LogP contribution is -2.48. The number of hydrazine groups is 1. The van der Waals surface area contributed by atoms with Gasteiger partial charge in [-0.05, 0) is 12.1 Å². The fraction of sp³-hybridized carbons (Fsp3) is 0.222. The molecule has 2 amide bonds. The third kappa shape index (κ3) is 3.27. The highest BCUT2D eigenvalue weighted by Crippen LogP contribution is 2.45. The molecule has 30 heavy (non-hydrogen) atoms. The van der Waals surface area contributed by atoms with Crippen molar-refractivity contribution >= 4 is 54.7 Å². The maximum Gasteiger partial charge on any atom is 0.258 e. The Balaban J connectivity index is 1.93. The minimum atomic E-state index is -4.10. The summed E-state index contributed by atoms with van der Waals surface area (Å²) in [6, 6.07) is 11.9. The van der Waals surface area contributed by atoms with E-state index in [1.54, 1.807) is 12.1 Å². The van der Waals surface area contributed by atoms with Crippen LogP contribution in [0.3, 0.4) is 0 Å². The zero-order valence-corrected chi connectivity index (χ0v) is 18.2. The van der Waals surface area contributed by atoms with E-state index in [9.17, 15) is 26.4 Å². The number of hydrogen-bond donors (Lipinski definition) is 0. The normalized spacial score (nSPS) is 25.1. The summed E-state index contributed by atoms with van der Waals surface area (Å²) in [5.41, 5.74) is 0.139. The van der Waals surface area contributed by atoms with Crippen molar-refractivity contribution in [2.24, 2.45) is 0 Å². The van der Waals surface area contributed by atoms with Gasteiger partial charge < -0.3 is 0 Å². The molecule has 12 heteroatoms. The van der Waals surface area contributed by atoms with Crippen molar-refractivity contribution in [3.05, 3.63) is 69.7 Å². The molecular formula is C18H14Cl2N2O6S2. The summed E-state index contributed by atoms with van der Waals surface area (Å²) in [6.07, 6.45) is 0. The number of sulfone groups is 2. The van der Waals surface area contributed by atoms with Crippen molar-refractivity contribution < 1.29 is 26.4 Å². The Hall–Kier alpha value is -2.14. The third-order valence-electron chi connectivity index (χ3n) is 4.86. The molecule has 4 rings (SSSR count). The van der Waals surface area contributed by atoms with Gasteiger partial charge in [0.15, 0.2) is 30.4 Å². The first kappa shape index (κ1) is 21.1. The quantitative estimate of drug-likeness (QED) is 0.654. The van der Waals surface area contributed by atoms with Crippen molar-refractivity contribution in [2.75, 3.05) is 11.5 Å². The van der Waals surface area contributed by atoms with Gasteiger partial charge in [0.2, 0.25) is 0 Å². The Kier molecular flexibility index (Phi) is 5.08. The molecule has 0 spiro atoms. The van der Waals surface area contributed by atoms with E-state index < -0.39 is 53.7 Å². The number of nitrogens with zero attached hydrogens (tertiary/aromatic N) is 2. The van der Waals surface area contributed by atoms with E-state index in [-0.39, 0.29) is 21.2 Å². The van der Waals surface area contributed by atoms with Crippen LogP contribution < -0.4 is 0 Å². The second-order valence-electron chi connectivity index (χ2n) is 6.84. The zero-order valence-electron chi connectivity index (χ0n) is 15.1. The first-order valence-corrected chi connectivity index (χ1v) is 12.8. The second kappa shape index (κ2) is 7.23. The summed E-state index contributed by atoms with van der Waals surface area (Å²) in [4.78, 5) is 25.5.